The predicted molar refractivity (Wildman–Crippen MR) is 62.3 cm³/mol. The van der Waals surface area contributed by atoms with Gasteiger partial charge in [0.05, 0.1) is 0 Å². The molecule has 0 radical (unpaired) electrons. The molecular weight excluding hydrogens is 188 g/mol. The van der Waals surface area contributed by atoms with Gasteiger partial charge >= 0.3 is 0 Å². The molecule has 0 spiro atoms. The average Bonchev–Trinajstić information content (AvgIpc) is 2.89. The largest absolute Gasteiger partial charge is 0.373 e. The van der Waals surface area contributed by atoms with Gasteiger partial charge in [-0.05, 0) is 33.6 Å². The number of rotatable bonds is 3. The van der Waals surface area contributed by atoms with Crippen molar-refractivity contribution in [2.45, 2.75) is 39.2 Å². The second-order valence-corrected chi connectivity index (χ2v) is 4.53. The fourth-order valence-corrected chi connectivity index (χ4v) is 1.59. The van der Waals surface area contributed by atoms with E-state index >= 15 is 0 Å². The number of aromatic nitrogens is 2. The van der Waals surface area contributed by atoms with Crippen LogP contribution in [0.25, 0.3) is 0 Å². The molecular formula is C11H18N4. The molecule has 1 saturated carbocycles. The van der Waals surface area contributed by atoms with Crippen molar-refractivity contribution in [2.24, 2.45) is 0 Å². The number of aryl methyl sites for hydroxylation is 1. The van der Waals surface area contributed by atoms with Crippen LogP contribution in [0.4, 0.5) is 11.6 Å². The molecule has 2 rings (SSSR count). The third kappa shape index (κ3) is 2.03. The Labute approximate surface area is 90.5 Å². The van der Waals surface area contributed by atoms with Gasteiger partial charge in [-0.25, -0.2) is 9.97 Å². The SMILES string of the molecule is CNc1nc(C)nc(NC2(C)CC2)c1C. The molecule has 82 valence electrons. The lowest BCUT2D eigenvalue weighted by molar-refractivity contribution is 0.813. The summed E-state index contributed by atoms with van der Waals surface area (Å²) in [5.41, 5.74) is 1.35. The lowest BCUT2D eigenvalue weighted by Crippen LogP contribution is -2.19. The molecule has 1 heterocycles. The van der Waals surface area contributed by atoms with Crippen LogP contribution >= 0.6 is 0 Å². The minimum Gasteiger partial charge on any atom is -0.373 e. The molecule has 1 aromatic heterocycles. The molecule has 0 aromatic carbocycles. The highest BCUT2D eigenvalue weighted by atomic mass is 15.1. The van der Waals surface area contributed by atoms with Gasteiger partial charge in [-0.1, -0.05) is 0 Å². The van der Waals surface area contributed by atoms with Crippen molar-refractivity contribution in [3.63, 3.8) is 0 Å². The smallest absolute Gasteiger partial charge is 0.135 e. The number of nitrogens with zero attached hydrogens (tertiary/aromatic N) is 2. The molecule has 0 unspecified atom stereocenters. The summed E-state index contributed by atoms with van der Waals surface area (Å²) in [5.74, 6) is 2.68. The minimum atomic E-state index is 0.260. The van der Waals surface area contributed by atoms with Crippen molar-refractivity contribution in [3.8, 4) is 0 Å². The van der Waals surface area contributed by atoms with E-state index in [4.69, 9.17) is 0 Å². The Hall–Kier alpha value is -1.32. The predicted octanol–water partition coefficient (Wildman–Crippen LogP) is 2.10. The van der Waals surface area contributed by atoms with Gasteiger partial charge in [0.15, 0.2) is 0 Å². The van der Waals surface area contributed by atoms with Gasteiger partial charge in [-0.2, -0.15) is 0 Å². The van der Waals surface area contributed by atoms with E-state index in [0.29, 0.717) is 0 Å². The Morgan fingerprint density at radius 3 is 2.27 bits per heavy atom. The summed E-state index contributed by atoms with van der Waals surface area (Å²) >= 11 is 0. The Morgan fingerprint density at radius 1 is 1.13 bits per heavy atom. The van der Waals surface area contributed by atoms with Crippen LogP contribution in [0.3, 0.4) is 0 Å². The second kappa shape index (κ2) is 3.36. The maximum atomic E-state index is 4.44. The van der Waals surface area contributed by atoms with E-state index in [9.17, 15) is 0 Å². The molecule has 1 aliphatic rings. The molecule has 4 heteroatoms. The van der Waals surface area contributed by atoms with Crippen LogP contribution in [0.1, 0.15) is 31.2 Å². The number of hydrogen-bond donors (Lipinski definition) is 2. The number of anilines is 2. The first-order valence-corrected chi connectivity index (χ1v) is 5.35. The van der Waals surface area contributed by atoms with E-state index in [2.05, 4.69) is 27.5 Å². The van der Waals surface area contributed by atoms with Gasteiger partial charge in [-0.15, -0.1) is 0 Å². The highest BCUT2D eigenvalue weighted by Gasteiger charge is 2.37. The minimum absolute atomic E-state index is 0.260. The average molecular weight is 206 g/mol. The molecule has 1 aromatic rings. The Morgan fingerprint density at radius 2 is 1.73 bits per heavy atom. The fraction of sp³-hybridized carbons (Fsp3) is 0.636. The molecule has 4 nitrogen and oxygen atoms in total. The van der Waals surface area contributed by atoms with Crippen LogP contribution in [0.5, 0.6) is 0 Å². The summed E-state index contributed by atoms with van der Waals surface area (Å²) in [4.78, 5) is 8.78. The maximum Gasteiger partial charge on any atom is 0.135 e. The lowest BCUT2D eigenvalue weighted by atomic mass is 10.2. The molecule has 0 bridgehead atoms. The Bertz CT molecular complexity index is 382. The van der Waals surface area contributed by atoms with Gasteiger partial charge in [0.1, 0.15) is 17.5 Å². The van der Waals surface area contributed by atoms with Crippen LogP contribution in [0.2, 0.25) is 0 Å². The summed E-state index contributed by atoms with van der Waals surface area (Å²) in [6.45, 7) is 6.18. The first-order chi connectivity index (χ1) is 7.04. The monoisotopic (exact) mass is 206 g/mol. The molecule has 0 atom stereocenters. The summed E-state index contributed by atoms with van der Waals surface area (Å²) in [7, 11) is 1.89. The normalized spacial score (nSPS) is 17.3. The zero-order valence-electron chi connectivity index (χ0n) is 9.81. The summed E-state index contributed by atoms with van der Waals surface area (Å²) in [5, 5.41) is 6.58. The van der Waals surface area contributed by atoms with Crippen molar-refractivity contribution in [1.82, 2.24) is 9.97 Å². The highest BCUT2D eigenvalue weighted by molar-refractivity contribution is 5.58. The van der Waals surface area contributed by atoms with Crippen LogP contribution in [0.15, 0.2) is 0 Å². The molecule has 15 heavy (non-hydrogen) atoms. The van der Waals surface area contributed by atoms with Crippen LogP contribution in [-0.2, 0) is 0 Å². The van der Waals surface area contributed by atoms with Crippen molar-refractivity contribution < 1.29 is 0 Å². The summed E-state index contributed by atoms with van der Waals surface area (Å²) in [6, 6.07) is 0. The summed E-state index contributed by atoms with van der Waals surface area (Å²) < 4.78 is 0. The zero-order valence-corrected chi connectivity index (χ0v) is 9.81. The highest BCUT2D eigenvalue weighted by Crippen LogP contribution is 2.38. The molecule has 0 aliphatic heterocycles. The van der Waals surface area contributed by atoms with E-state index in [1.54, 1.807) is 0 Å². The Kier molecular flexibility index (Phi) is 2.29. The van der Waals surface area contributed by atoms with Crippen LogP contribution in [-0.4, -0.2) is 22.6 Å². The number of nitrogens with one attached hydrogen (secondary N) is 2. The van der Waals surface area contributed by atoms with Crippen molar-refractivity contribution >= 4 is 11.6 Å². The van der Waals surface area contributed by atoms with Gasteiger partial charge < -0.3 is 10.6 Å². The third-order valence-corrected chi connectivity index (χ3v) is 2.91. The summed E-state index contributed by atoms with van der Waals surface area (Å²) in [6.07, 6.45) is 2.45. The first-order valence-electron chi connectivity index (χ1n) is 5.35. The standard InChI is InChI=1S/C11H18N4/c1-7-9(12-4)13-8(2)14-10(7)15-11(3)5-6-11/h5-6H2,1-4H3,(H2,12,13,14,15). The van der Waals surface area contributed by atoms with Crippen molar-refractivity contribution in [2.75, 3.05) is 17.7 Å². The quantitative estimate of drug-likeness (QED) is 0.795. The van der Waals surface area contributed by atoms with Crippen LogP contribution in [0, 0.1) is 13.8 Å². The molecule has 1 fully saturated rings. The van der Waals surface area contributed by atoms with Crippen LogP contribution < -0.4 is 10.6 Å². The maximum absolute atomic E-state index is 4.44. The van der Waals surface area contributed by atoms with E-state index < -0.39 is 0 Å². The van der Waals surface area contributed by atoms with Gasteiger partial charge in [0, 0.05) is 18.2 Å². The molecule has 0 saturated heterocycles. The first kappa shape index (κ1) is 10.2. The second-order valence-electron chi connectivity index (χ2n) is 4.53. The zero-order chi connectivity index (χ0) is 11.1. The Balaban J connectivity index is 2.32. The van der Waals surface area contributed by atoms with E-state index in [-0.39, 0.29) is 5.54 Å². The topological polar surface area (TPSA) is 49.8 Å². The molecule has 0 amide bonds. The van der Waals surface area contributed by atoms with E-state index in [1.165, 1.54) is 12.8 Å². The van der Waals surface area contributed by atoms with Crippen molar-refractivity contribution in [1.29, 1.82) is 0 Å². The lowest BCUT2D eigenvalue weighted by Gasteiger charge is -2.16. The van der Waals surface area contributed by atoms with Gasteiger partial charge in [0.25, 0.3) is 0 Å². The molecule has 2 N–H and O–H groups in total. The van der Waals surface area contributed by atoms with Gasteiger partial charge in [-0.3, -0.25) is 0 Å². The van der Waals surface area contributed by atoms with E-state index in [1.807, 2.05) is 20.9 Å². The van der Waals surface area contributed by atoms with E-state index in [0.717, 1.165) is 23.0 Å². The van der Waals surface area contributed by atoms with Crippen molar-refractivity contribution in [3.05, 3.63) is 11.4 Å². The van der Waals surface area contributed by atoms with Gasteiger partial charge in [0.2, 0.25) is 0 Å². The molecule has 1 aliphatic carbocycles. The third-order valence-electron chi connectivity index (χ3n) is 2.91. The number of hydrogen-bond acceptors (Lipinski definition) is 4. The fourth-order valence-electron chi connectivity index (χ4n) is 1.59.